The van der Waals surface area contributed by atoms with Crippen LogP contribution in [0.25, 0.3) is 10.8 Å². The molecule has 0 spiro atoms. The third-order valence-corrected chi connectivity index (χ3v) is 5.34. The van der Waals surface area contributed by atoms with Crippen molar-refractivity contribution in [3.63, 3.8) is 0 Å². The van der Waals surface area contributed by atoms with Gasteiger partial charge in [-0.1, -0.05) is 31.2 Å². The fraction of sp³-hybridized carbons (Fsp3) is 0.348. The number of piperidine rings is 1. The summed E-state index contributed by atoms with van der Waals surface area (Å²) in [6.07, 6.45) is 7.32. The summed E-state index contributed by atoms with van der Waals surface area (Å²) in [5.74, 6) is 0.971. The van der Waals surface area contributed by atoms with Crippen LogP contribution >= 0.6 is 0 Å². The van der Waals surface area contributed by atoms with Gasteiger partial charge in [-0.05, 0) is 60.0 Å². The minimum atomic E-state index is 0.312. The maximum atomic E-state index is 6.26. The molecule has 4 rings (SSSR count). The molecule has 1 saturated heterocycles. The molecule has 134 valence electrons. The number of hydrogen-bond donors (Lipinski definition) is 0. The lowest BCUT2D eigenvalue weighted by atomic mass is 10.0. The van der Waals surface area contributed by atoms with E-state index in [0.717, 1.165) is 50.0 Å². The summed E-state index contributed by atoms with van der Waals surface area (Å²) in [5, 5.41) is 2.34. The quantitative estimate of drug-likeness (QED) is 0.661. The molecule has 1 aliphatic heterocycles. The van der Waals surface area contributed by atoms with E-state index in [1.165, 1.54) is 16.5 Å². The van der Waals surface area contributed by atoms with Gasteiger partial charge in [0.25, 0.3) is 0 Å². The Morgan fingerprint density at radius 1 is 1.00 bits per heavy atom. The van der Waals surface area contributed by atoms with Crippen LogP contribution in [-0.4, -0.2) is 29.1 Å². The summed E-state index contributed by atoms with van der Waals surface area (Å²) in [7, 11) is 0. The lowest BCUT2D eigenvalue weighted by molar-refractivity contribution is 0.0968. The molecule has 1 aromatic heterocycles. The predicted octanol–water partition coefficient (Wildman–Crippen LogP) is 4.84. The molecule has 2 aromatic carbocycles. The third kappa shape index (κ3) is 3.88. The molecular formula is C23H26N2O. The van der Waals surface area contributed by atoms with Crippen molar-refractivity contribution in [2.45, 2.75) is 38.8 Å². The zero-order chi connectivity index (χ0) is 17.8. The van der Waals surface area contributed by atoms with Crippen LogP contribution in [0.15, 0.2) is 60.9 Å². The van der Waals surface area contributed by atoms with E-state index >= 15 is 0 Å². The van der Waals surface area contributed by atoms with Crippen molar-refractivity contribution in [3.8, 4) is 5.75 Å². The average molecular weight is 346 g/mol. The highest BCUT2D eigenvalue weighted by Gasteiger charge is 2.21. The van der Waals surface area contributed by atoms with E-state index < -0.39 is 0 Å². The SMILES string of the molecule is CCc1ccccc1CN1CCC(Oc2ccc3cnccc3c2)CC1. The summed E-state index contributed by atoms with van der Waals surface area (Å²) in [6.45, 7) is 5.48. The van der Waals surface area contributed by atoms with E-state index in [-0.39, 0.29) is 0 Å². The first kappa shape index (κ1) is 17.0. The standard InChI is InChI=1S/C23H26N2O/c1-2-18-5-3-4-6-21(18)17-25-13-10-22(11-14-25)26-23-8-7-20-16-24-12-9-19(20)15-23/h3-9,12,15-16,22H,2,10-11,13-14,17H2,1H3. The number of hydrogen-bond acceptors (Lipinski definition) is 3. The second-order valence-electron chi connectivity index (χ2n) is 7.10. The Morgan fingerprint density at radius 3 is 2.62 bits per heavy atom. The Morgan fingerprint density at radius 2 is 1.81 bits per heavy atom. The summed E-state index contributed by atoms with van der Waals surface area (Å²) >= 11 is 0. The molecule has 0 unspecified atom stereocenters. The van der Waals surface area contributed by atoms with E-state index in [1.807, 2.05) is 18.5 Å². The Kier molecular flexibility index (Phi) is 5.16. The number of aryl methyl sites for hydroxylation is 1. The number of benzene rings is 2. The first-order chi connectivity index (χ1) is 12.8. The summed E-state index contributed by atoms with van der Waals surface area (Å²) in [6, 6.07) is 17.1. The lowest BCUT2D eigenvalue weighted by Gasteiger charge is -2.32. The van der Waals surface area contributed by atoms with Gasteiger partial charge in [0.2, 0.25) is 0 Å². The van der Waals surface area contributed by atoms with Gasteiger partial charge >= 0.3 is 0 Å². The molecule has 0 radical (unpaired) electrons. The maximum Gasteiger partial charge on any atom is 0.120 e. The predicted molar refractivity (Wildman–Crippen MR) is 106 cm³/mol. The Bertz CT molecular complexity index is 869. The molecule has 0 amide bonds. The Balaban J connectivity index is 1.34. The lowest BCUT2D eigenvalue weighted by Crippen LogP contribution is -2.38. The highest BCUT2D eigenvalue weighted by Crippen LogP contribution is 2.24. The van der Waals surface area contributed by atoms with E-state index in [0.29, 0.717) is 6.10 Å². The van der Waals surface area contributed by atoms with Crippen LogP contribution in [0.4, 0.5) is 0 Å². The monoisotopic (exact) mass is 346 g/mol. The van der Waals surface area contributed by atoms with Crippen molar-refractivity contribution in [2.75, 3.05) is 13.1 Å². The summed E-state index contributed by atoms with van der Waals surface area (Å²) in [5.41, 5.74) is 2.94. The minimum absolute atomic E-state index is 0.312. The van der Waals surface area contributed by atoms with Crippen LogP contribution < -0.4 is 4.74 Å². The van der Waals surface area contributed by atoms with Crippen LogP contribution in [0.5, 0.6) is 5.75 Å². The molecule has 0 saturated carbocycles. The number of ether oxygens (including phenoxy) is 1. The van der Waals surface area contributed by atoms with Crippen LogP contribution in [0.2, 0.25) is 0 Å². The van der Waals surface area contributed by atoms with Gasteiger partial charge < -0.3 is 4.74 Å². The van der Waals surface area contributed by atoms with Crippen LogP contribution in [-0.2, 0) is 13.0 Å². The molecule has 0 N–H and O–H groups in total. The molecule has 0 bridgehead atoms. The van der Waals surface area contributed by atoms with Gasteiger partial charge in [0.15, 0.2) is 0 Å². The summed E-state index contributed by atoms with van der Waals surface area (Å²) < 4.78 is 6.26. The molecule has 1 fully saturated rings. The van der Waals surface area contributed by atoms with Crippen molar-refractivity contribution >= 4 is 10.8 Å². The fourth-order valence-electron chi connectivity index (χ4n) is 3.81. The van der Waals surface area contributed by atoms with Crippen molar-refractivity contribution in [2.24, 2.45) is 0 Å². The van der Waals surface area contributed by atoms with E-state index in [9.17, 15) is 0 Å². The smallest absolute Gasteiger partial charge is 0.120 e. The first-order valence-corrected chi connectivity index (χ1v) is 9.61. The normalized spacial score (nSPS) is 16.0. The second-order valence-corrected chi connectivity index (χ2v) is 7.10. The molecule has 0 atom stereocenters. The zero-order valence-corrected chi connectivity index (χ0v) is 15.4. The molecule has 3 heteroatoms. The highest BCUT2D eigenvalue weighted by molar-refractivity contribution is 5.82. The van der Waals surface area contributed by atoms with Crippen molar-refractivity contribution in [1.29, 1.82) is 0 Å². The van der Waals surface area contributed by atoms with Gasteiger partial charge in [-0.15, -0.1) is 0 Å². The molecule has 1 aliphatic rings. The van der Waals surface area contributed by atoms with E-state index in [4.69, 9.17) is 4.74 Å². The van der Waals surface area contributed by atoms with E-state index in [1.54, 1.807) is 0 Å². The number of aromatic nitrogens is 1. The summed E-state index contributed by atoms with van der Waals surface area (Å²) in [4.78, 5) is 6.72. The van der Waals surface area contributed by atoms with Crippen molar-refractivity contribution < 1.29 is 4.74 Å². The Hall–Kier alpha value is -2.39. The number of fused-ring (bicyclic) bond motifs is 1. The van der Waals surface area contributed by atoms with Gasteiger partial charge in [0.05, 0.1) is 0 Å². The molecule has 3 nitrogen and oxygen atoms in total. The van der Waals surface area contributed by atoms with Crippen LogP contribution in [0, 0.1) is 0 Å². The van der Waals surface area contributed by atoms with Crippen molar-refractivity contribution in [3.05, 3.63) is 72.1 Å². The topological polar surface area (TPSA) is 25.4 Å². The van der Waals surface area contributed by atoms with Crippen molar-refractivity contribution in [1.82, 2.24) is 9.88 Å². The van der Waals surface area contributed by atoms with Gasteiger partial charge in [0.1, 0.15) is 11.9 Å². The first-order valence-electron chi connectivity index (χ1n) is 9.61. The Labute approximate surface area is 155 Å². The average Bonchev–Trinajstić information content (AvgIpc) is 2.70. The van der Waals surface area contributed by atoms with Gasteiger partial charge in [-0.3, -0.25) is 9.88 Å². The third-order valence-electron chi connectivity index (χ3n) is 5.34. The molecule has 26 heavy (non-hydrogen) atoms. The van der Waals surface area contributed by atoms with Gasteiger partial charge in [-0.25, -0.2) is 0 Å². The van der Waals surface area contributed by atoms with E-state index in [2.05, 4.69) is 59.3 Å². The number of rotatable bonds is 5. The van der Waals surface area contributed by atoms with Gasteiger partial charge in [0, 0.05) is 37.4 Å². The number of nitrogens with zero attached hydrogens (tertiary/aromatic N) is 2. The van der Waals surface area contributed by atoms with Crippen LogP contribution in [0.1, 0.15) is 30.9 Å². The zero-order valence-electron chi connectivity index (χ0n) is 15.4. The molecule has 2 heterocycles. The number of pyridine rings is 1. The number of likely N-dealkylation sites (tertiary alicyclic amines) is 1. The fourth-order valence-corrected chi connectivity index (χ4v) is 3.81. The largest absolute Gasteiger partial charge is 0.490 e. The maximum absolute atomic E-state index is 6.26. The second kappa shape index (κ2) is 7.88. The van der Waals surface area contributed by atoms with Crippen LogP contribution in [0.3, 0.4) is 0 Å². The van der Waals surface area contributed by atoms with Gasteiger partial charge in [-0.2, -0.15) is 0 Å². The highest BCUT2D eigenvalue weighted by atomic mass is 16.5. The molecular weight excluding hydrogens is 320 g/mol. The molecule has 0 aliphatic carbocycles. The minimum Gasteiger partial charge on any atom is -0.490 e. The molecule has 3 aromatic rings.